The first-order chi connectivity index (χ1) is 10.7. The second-order valence-electron chi connectivity index (χ2n) is 5.30. The maximum atomic E-state index is 13.5. The summed E-state index contributed by atoms with van der Waals surface area (Å²) in [6, 6.07) is 6.66. The van der Waals surface area contributed by atoms with Gasteiger partial charge in [-0.05, 0) is 12.1 Å². The lowest BCUT2D eigenvalue weighted by Crippen LogP contribution is -2.42. The second kappa shape index (κ2) is 9.12. The average molecular weight is 326 g/mol. The third-order valence-electron chi connectivity index (χ3n) is 3.69. The molecule has 6 heteroatoms. The molecule has 1 amide bonds. The van der Waals surface area contributed by atoms with E-state index in [0.29, 0.717) is 17.1 Å². The third-order valence-corrected chi connectivity index (χ3v) is 4.74. The minimum absolute atomic E-state index is 0.108. The average Bonchev–Trinajstić information content (AvgIpc) is 2.55. The van der Waals surface area contributed by atoms with Gasteiger partial charge >= 0.3 is 0 Å². The van der Waals surface area contributed by atoms with Crippen LogP contribution < -0.4 is 0 Å². The summed E-state index contributed by atoms with van der Waals surface area (Å²) in [5, 5.41) is 0. The number of benzene rings is 1. The van der Waals surface area contributed by atoms with Gasteiger partial charge in [-0.2, -0.15) is 0 Å². The third kappa shape index (κ3) is 5.59. The van der Waals surface area contributed by atoms with E-state index in [0.717, 1.165) is 39.4 Å². The van der Waals surface area contributed by atoms with Crippen LogP contribution in [0.15, 0.2) is 29.2 Å². The van der Waals surface area contributed by atoms with E-state index >= 15 is 0 Å². The first-order valence-electron chi connectivity index (χ1n) is 7.58. The van der Waals surface area contributed by atoms with Gasteiger partial charge in [-0.15, -0.1) is 11.8 Å². The number of amides is 1. The normalized spacial score (nSPS) is 15.7. The highest BCUT2D eigenvalue weighted by atomic mass is 32.2. The van der Waals surface area contributed by atoms with Crippen molar-refractivity contribution in [3.05, 3.63) is 30.1 Å². The fraction of sp³-hybridized carbons (Fsp3) is 0.562. The summed E-state index contributed by atoms with van der Waals surface area (Å²) in [6.07, 6.45) is 0.429. The molecule has 1 heterocycles. The van der Waals surface area contributed by atoms with Gasteiger partial charge in [0.25, 0.3) is 0 Å². The molecule has 1 aliphatic heterocycles. The summed E-state index contributed by atoms with van der Waals surface area (Å²) >= 11 is 1.39. The lowest BCUT2D eigenvalue weighted by Gasteiger charge is -2.28. The molecular weight excluding hydrogens is 303 g/mol. The van der Waals surface area contributed by atoms with Gasteiger partial charge in [-0.3, -0.25) is 9.69 Å². The van der Waals surface area contributed by atoms with Crippen molar-refractivity contribution in [2.24, 2.45) is 0 Å². The smallest absolute Gasteiger partial charge is 0.223 e. The number of ether oxygens (including phenoxy) is 1. The fourth-order valence-electron chi connectivity index (χ4n) is 2.24. The van der Waals surface area contributed by atoms with Crippen molar-refractivity contribution < 1.29 is 13.9 Å². The molecule has 0 atom stereocenters. The zero-order valence-electron chi connectivity index (χ0n) is 13.0. The molecule has 1 aliphatic rings. The van der Waals surface area contributed by atoms with Crippen LogP contribution in [0, 0.1) is 5.82 Å². The van der Waals surface area contributed by atoms with Crippen LogP contribution in [-0.4, -0.2) is 67.9 Å². The summed E-state index contributed by atoms with van der Waals surface area (Å²) in [4.78, 5) is 16.7. The Hall–Kier alpha value is -1.11. The van der Waals surface area contributed by atoms with Gasteiger partial charge in [0, 0.05) is 50.3 Å². The Morgan fingerprint density at radius 2 is 2.09 bits per heavy atom. The maximum Gasteiger partial charge on any atom is 0.223 e. The molecule has 4 nitrogen and oxygen atoms in total. The molecule has 122 valence electrons. The molecular formula is C16H23FN2O2S. The van der Waals surface area contributed by atoms with Gasteiger partial charge in [-0.25, -0.2) is 4.39 Å². The van der Waals surface area contributed by atoms with Crippen LogP contribution in [0.5, 0.6) is 0 Å². The van der Waals surface area contributed by atoms with E-state index in [-0.39, 0.29) is 11.7 Å². The number of hydrogen-bond acceptors (Lipinski definition) is 4. The number of morpholine rings is 1. The minimum atomic E-state index is -0.222. The van der Waals surface area contributed by atoms with Crippen LogP contribution in [0.2, 0.25) is 0 Å². The zero-order valence-corrected chi connectivity index (χ0v) is 13.8. The van der Waals surface area contributed by atoms with Crippen molar-refractivity contribution in [1.29, 1.82) is 0 Å². The first-order valence-corrected chi connectivity index (χ1v) is 8.57. The molecule has 1 saturated heterocycles. The van der Waals surface area contributed by atoms with Crippen LogP contribution in [0.3, 0.4) is 0 Å². The number of halogens is 1. The molecule has 0 aliphatic carbocycles. The Morgan fingerprint density at radius 1 is 1.36 bits per heavy atom. The Labute approximate surface area is 135 Å². The Balaban J connectivity index is 1.64. The maximum absolute atomic E-state index is 13.5. The van der Waals surface area contributed by atoms with Crippen molar-refractivity contribution in [3.63, 3.8) is 0 Å². The number of hydrogen-bond donors (Lipinski definition) is 0. The van der Waals surface area contributed by atoms with Crippen LogP contribution >= 0.6 is 11.8 Å². The molecule has 0 unspecified atom stereocenters. The molecule has 0 bridgehead atoms. The van der Waals surface area contributed by atoms with Crippen molar-refractivity contribution in [2.75, 3.05) is 52.2 Å². The summed E-state index contributed by atoms with van der Waals surface area (Å²) in [5.74, 6) is 0.486. The summed E-state index contributed by atoms with van der Waals surface area (Å²) in [7, 11) is 1.83. The van der Waals surface area contributed by atoms with Crippen LogP contribution in [-0.2, 0) is 9.53 Å². The topological polar surface area (TPSA) is 32.8 Å². The quantitative estimate of drug-likeness (QED) is 0.719. The van der Waals surface area contributed by atoms with Crippen molar-refractivity contribution in [3.8, 4) is 0 Å². The number of carbonyl (C=O) groups is 1. The summed E-state index contributed by atoms with van der Waals surface area (Å²) in [6.45, 7) is 5.03. The van der Waals surface area contributed by atoms with E-state index in [9.17, 15) is 9.18 Å². The van der Waals surface area contributed by atoms with Crippen molar-refractivity contribution in [1.82, 2.24) is 9.80 Å². The molecule has 22 heavy (non-hydrogen) atoms. The zero-order chi connectivity index (χ0) is 15.8. The van der Waals surface area contributed by atoms with E-state index in [4.69, 9.17) is 4.74 Å². The Morgan fingerprint density at radius 3 is 2.82 bits per heavy atom. The standard InChI is InChI=1S/C16H23FN2O2S/c1-18(7-8-19-9-11-21-12-10-19)16(20)6-13-22-15-5-3-2-4-14(15)17/h2-5H,6-13H2,1H3. The van der Waals surface area contributed by atoms with Crippen LogP contribution in [0.1, 0.15) is 6.42 Å². The highest BCUT2D eigenvalue weighted by molar-refractivity contribution is 7.99. The number of carbonyl (C=O) groups excluding carboxylic acids is 1. The van der Waals surface area contributed by atoms with Crippen molar-refractivity contribution in [2.45, 2.75) is 11.3 Å². The molecule has 0 aromatic heterocycles. The van der Waals surface area contributed by atoms with Gasteiger partial charge in [0.2, 0.25) is 5.91 Å². The SMILES string of the molecule is CN(CCN1CCOCC1)C(=O)CCSc1ccccc1F. The Kier molecular flexibility index (Phi) is 7.15. The van der Waals surface area contributed by atoms with Crippen LogP contribution in [0.4, 0.5) is 4.39 Å². The second-order valence-corrected chi connectivity index (χ2v) is 6.43. The largest absolute Gasteiger partial charge is 0.379 e. The minimum Gasteiger partial charge on any atom is -0.379 e. The van der Waals surface area contributed by atoms with Gasteiger partial charge in [0.15, 0.2) is 0 Å². The molecule has 2 rings (SSSR count). The lowest BCUT2D eigenvalue weighted by molar-refractivity contribution is -0.129. The molecule has 0 saturated carbocycles. The molecule has 1 aromatic carbocycles. The van der Waals surface area contributed by atoms with E-state index in [1.165, 1.54) is 17.8 Å². The molecule has 1 aromatic rings. The predicted molar refractivity (Wildman–Crippen MR) is 86.6 cm³/mol. The Bertz CT molecular complexity index is 481. The number of thioether (sulfide) groups is 1. The predicted octanol–water partition coefficient (Wildman–Crippen LogP) is 2.10. The van der Waals surface area contributed by atoms with E-state index in [2.05, 4.69) is 4.90 Å². The van der Waals surface area contributed by atoms with Crippen LogP contribution in [0.25, 0.3) is 0 Å². The van der Waals surface area contributed by atoms with Gasteiger partial charge in [0.05, 0.1) is 13.2 Å². The number of likely N-dealkylation sites (N-methyl/N-ethyl adjacent to an activating group) is 1. The highest BCUT2D eigenvalue weighted by Crippen LogP contribution is 2.21. The molecule has 0 radical (unpaired) electrons. The fourth-order valence-corrected chi connectivity index (χ4v) is 3.12. The summed E-state index contributed by atoms with van der Waals surface area (Å²) < 4.78 is 18.8. The number of nitrogens with zero attached hydrogens (tertiary/aromatic N) is 2. The van der Waals surface area contributed by atoms with Gasteiger partial charge in [0.1, 0.15) is 5.82 Å². The highest BCUT2D eigenvalue weighted by Gasteiger charge is 2.13. The first kappa shape index (κ1) is 17.2. The molecule has 1 fully saturated rings. The number of rotatable bonds is 7. The van der Waals surface area contributed by atoms with Gasteiger partial charge < -0.3 is 9.64 Å². The molecule has 0 spiro atoms. The lowest BCUT2D eigenvalue weighted by atomic mass is 10.3. The van der Waals surface area contributed by atoms with Gasteiger partial charge in [-0.1, -0.05) is 12.1 Å². The molecule has 0 N–H and O–H groups in total. The monoisotopic (exact) mass is 326 g/mol. The summed E-state index contributed by atoms with van der Waals surface area (Å²) in [5.41, 5.74) is 0. The van der Waals surface area contributed by atoms with Crippen molar-refractivity contribution >= 4 is 17.7 Å². The van der Waals surface area contributed by atoms with E-state index in [1.807, 2.05) is 13.1 Å². The van der Waals surface area contributed by atoms with E-state index < -0.39 is 0 Å². The van der Waals surface area contributed by atoms with E-state index in [1.54, 1.807) is 17.0 Å².